The van der Waals surface area contributed by atoms with Crippen molar-refractivity contribution < 1.29 is 13.9 Å². The molecule has 4 atom stereocenters. The lowest BCUT2D eigenvalue weighted by molar-refractivity contribution is -0.116. The molecule has 2 aromatic carbocycles. The molecule has 1 saturated heterocycles. The molecule has 1 aliphatic heterocycles. The first kappa shape index (κ1) is 20.0. The van der Waals surface area contributed by atoms with Crippen LogP contribution >= 0.6 is 7.52 Å². The summed E-state index contributed by atoms with van der Waals surface area (Å²) >= 11 is 0. The van der Waals surface area contributed by atoms with Gasteiger partial charge in [-0.15, -0.1) is 0 Å². The Balaban J connectivity index is 2.22. The largest absolute Gasteiger partial charge is 0.307 e. The van der Waals surface area contributed by atoms with Crippen LogP contribution in [-0.4, -0.2) is 21.7 Å². The highest BCUT2D eigenvalue weighted by Gasteiger charge is 2.58. The van der Waals surface area contributed by atoms with Gasteiger partial charge in [-0.1, -0.05) is 60.7 Å². The molecule has 0 amide bonds. The molecule has 1 heterocycles. The van der Waals surface area contributed by atoms with Crippen molar-refractivity contribution in [3.8, 4) is 0 Å². The van der Waals surface area contributed by atoms with Crippen LogP contribution in [0, 0.1) is 0 Å². The molecular weight excluding hydrogens is 357 g/mol. The van der Waals surface area contributed by atoms with Crippen LogP contribution in [0.25, 0.3) is 0 Å². The second kappa shape index (κ2) is 7.35. The maximum Gasteiger partial charge on any atom is 0.284 e. The monoisotopic (exact) mass is 385 g/mol. The van der Waals surface area contributed by atoms with Crippen LogP contribution < -0.4 is 0 Å². The molecule has 0 aliphatic carbocycles. The van der Waals surface area contributed by atoms with Gasteiger partial charge in [0.25, 0.3) is 7.52 Å². The summed E-state index contributed by atoms with van der Waals surface area (Å²) in [6.07, 6.45) is -0.402. The Hall–Kier alpha value is -1.74. The van der Waals surface area contributed by atoms with Crippen molar-refractivity contribution in [1.82, 2.24) is 4.67 Å². The van der Waals surface area contributed by atoms with Crippen LogP contribution in [0.15, 0.2) is 60.7 Å². The first-order chi connectivity index (χ1) is 12.7. The lowest BCUT2D eigenvalue weighted by Gasteiger charge is -2.40. The predicted molar refractivity (Wildman–Crippen MR) is 109 cm³/mol. The van der Waals surface area contributed by atoms with E-state index in [0.29, 0.717) is 0 Å². The summed E-state index contributed by atoms with van der Waals surface area (Å²) in [6, 6.07) is 19.6. The fourth-order valence-corrected chi connectivity index (χ4v) is 6.88. The fourth-order valence-electron chi connectivity index (χ4n) is 3.77. The van der Waals surface area contributed by atoms with Crippen molar-refractivity contribution >= 4 is 13.3 Å². The van der Waals surface area contributed by atoms with Crippen LogP contribution in [0.4, 0.5) is 0 Å². The van der Waals surface area contributed by atoms with Crippen LogP contribution in [0.1, 0.15) is 57.9 Å². The minimum Gasteiger partial charge on any atom is -0.307 e. The summed E-state index contributed by atoms with van der Waals surface area (Å²) < 4.78 is 22.5. The lowest BCUT2D eigenvalue weighted by Crippen LogP contribution is -2.41. The van der Waals surface area contributed by atoms with E-state index in [1.165, 1.54) is 6.92 Å². The number of carbonyl (C=O) groups is 1. The highest BCUT2D eigenvalue weighted by molar-refractivity contribution is 7.58. The Bertz CT molecular complexity index is 845. The lowest BCUT2D eigenvalue weighted by atomic mass is 9.93. The van der Waals surface area contributed by atoms with Gasteiger partial charge in [-0.2, -0.15) is 0 Å². The molecule has 27 heavy (non-hydrogen) atoms. The molecule has 0 radical (unpaired) electrons. The molecule has 2 aromatic rings. The maximum atomic E-state index is 14.2. The van der Waals surface area contributed by atoms with Crippen molar-refractivity contribution in [2.45, 2.75) is 58.0 Å². The smallest absolute Gasteiger partial charge is 0.284 e. The van der Waals surface area contributed by atoms with Gasteiger partial charge < -0.3 is 4.52 Å². The van der Waals surface area contributed by atoms with Crippen molar-refractivity contribution in [2.24, 2.45) is 0 Å². The third-order valence-corrected chi connectivity index (χ3v) is 8.47. The molecule has 0 bridgehead atoms. The first-order valence-electron chi connectivity index (χ1n) is 9.34. The van der Waals surface area contributed by atoms with Crippen LogP contribution in [0.2, 0.25) is 0 Å². The van der Waals surface area contributed by atoms with Gasteiger partial charge in [0.05, 0.1) is 6.04 Å². The molecule has 1 aliphatic rings. The zero-order chi connectivity index (χ0) is 19.8. The molecule has 0 aromatic heterocycles. The topological polar surface area (TPSA) is 46.6 Å². The number of ketones is 1. The van der Waals surface area contributed by atoms with Crippen LogP contribution in [0.3, 0.4) is 0 Å². The number of Topliss-reactive ketones (excluding diaryl/α,β-unsaturated/α-hetero) is 1. The Morgan fingerprint density at radius 1 is 1.00 bits per heavy atom. The van der Waals surface area contributed by atoms with Gasteiger partial charge in [-0.3, -0.25) is 9.36 Å². The number of rotatable bonds is 4. The number of hydrogen-bond acceptors (Lipinski definition) is 3. The number of nitrogens with zero attached hydrogens (tertiary/aromatic N) is 1. The summed E-state index contributed by atoms with van der Waals surface area (Å²) in [4.78, 5) is 12.2. The van der Waals surface area contributed by atoms with E-state index in [9.17, 15) is 9.36 Å². The Labute approximate surface area is 162 Å². The molecule has 144 valence electrons. The van der Waals surface area contributed by atoms with Crippen molar-refractivity contribution in [2.75, 3.05) is 0 Å². The van der Waals surface area contributed by atoms with Gasteiger partial charge in [-0.25, -0.2) is 4.67 Å². The average molecular weight is 385 g/mol. The quantitative estimate of drug-likeness (QED) is 0.627. The molecule has 1 fully saturated rings. The van der Waals surface area contributed by atoms with Gasteiger partial charge in [-0.05, 0) is 45.7 Å². The van der Waals surface area contributed by atoms with Gasteiger partial charge in [0.15, 0.2) is 0 Å². The van der Waals surface area contributed by atoms with E-state index in [-0.39, 0.29) is 11.8 Å². The van der Waals surface area contributed by atoms with Gasteiger partial charge >= 0.3 is 0 Å². The van der Waals surface area contributed by atoms with E-state index in [1.807, 2.05) is 86.1 Å². The van der Waals surface area contributed by atoms with Crippen molar-refractivity contribution in [3.05, 3.63) is 71.8 Å². The van der Waals surface area contributed by atoms with E-state index in [0.717, 1.165) is 11.1 Å². The molecule has 0 spiro atoms. The maximum absolute atomic E-state index is 14.2. The SMILES string of the molecule is CC(=O)[C@H](C)P1(=O)O[C@H](c2ccccc2)[C@H](c2ccccc2)N1C(C)(C)C. The fraction of sp³-hybridized carbons (Fsp3) is 0.409. The molecule has 1 unspecified atom stereocenters. The van der Waals surface area contributed by atoms with Crippen LogP contribution in [0.5, 0.6) is 0 Å². The average Bonchev–Trinajstić information content (AvgIpc) is 2.97. The highest BCUT2D eigenvalue weighted by atomic mass is 31.2. The summed E-state index contributed by atoms with van der Waals surface area (Å²) in [5.74, 6) is -0.117. The number of benzene rings is 2. The third-order valence-electron chi connectivity index (χ3n) is 5.15. The van der Waals surface area contributed by atoms with E-state index in [4.69, 9.17) is 4.52 Å². The number of hydrogen-bond donors (Lipinski definition) is 0. The summed E-state index contributed by atoms with van der Waals surface area (Å²) in [7, 11) is -3.41. The molecule has 5 heteroatoms. The Morgan fingerprint density at radius 2 is 1.48 bits per heavy atom. The van der Waals surface area contributed by atoms with Crippen molar-refractivity contribution in [3.63, 3.8) is 0 Å². The van der Waals surface area contributed by atoms with Gasteiger partial charge in [0, 0.05) is 5.54 Å². The molecule has 3 rings (SSSR count). The van der Waals surface area contributed by atoms with Crippen LogP contribution in [-0.2, 0) is 13.9 Å². The standard InChI is InChI=1S/C22H28NO3P/c1-16(24)17(2)27(25)23(22(3,4)5)20(18-12-8-6-9-13-18)21(26-27)19-14-10-7-11-15-19/h6-15,17,20-21H,1-5H3/t17-,20-,21+,27?/m0/s1. The Kier molecular flexibility index (Phi) is 5.45. The molecule has 0 N–H and O–H groups in total. The highest BCUT2D eigenvalue weighted by Crippen LogP contribution is 2.72. The first-order valence-corrected chi connectivity index (χ1v) is 11.0. The predicted octanol–water partition coefficient (Wildman–Crippen LogP) is 5.77. The number of carbonyl (C=O) groups excluding carboxylic acids is 1. The molecule has 4 nitrogen and oxygen atoms in total. The van der Waals surface area contributed by atoms with E-state index < -0.39 is 24.8 Å². The summed E-state index contributed by atoms with van der Waals surface area (Å²) in [5.41, 5.74) is 0.879. The third kappa shape index (κ3) is 3.67. The minimum atomic E-state index is -3.41. The zero-order valence-corrected chi connectivity index (χ0v) is 17.5. The molecule has 0 saturated carbocycles. The van der Waals surface area contributed by atoms with Crippen molar-refractivity contribution in [1.29, 1.82) is 0 Å². The Morgan fingerprint density at radius 3 is 1.93 bits per heavy atom. The van der Waals surface area contributed by atoms with Gasteiger partial charge in [0.1, 0.15) is 17.5 Å². The second-order valence-electron chi connectivity index (χ2n) is 8.16. The summed E-state index contributed by atoms with van der Waals surface area (Å²) in [6.45, 7) is 9.29. The summed E-state index contributed by atoms with van der Waals surface area (Å²) in [5, 5.41) is 0. The van der Waals surface area contributed by atoms with E-state index in [2.05, 4.69) is 0 Å². The molecular formula is C22H28NO3P. The zero-order valence-electron chi connectivity index (χ0n) is 16.6. The van der Waals surface area contributed by atoms with E-state index in [1.54, 1.807) is 6.92 Å². The second-order valence-corrected chi connectivity index (χ2v) is 10.7. The van der Waals surface area contributed by atoms with E-state index >= 15 is 0 Å². The van der Waals surface area contributed by atoms with Gasteiger partial charge in [0.2, 0.25) is 0 Å². The minimum absolute atomic E-state index is 0.117. The normalized spacial score (nSPS) is 27.4.